The fourth-order valence-electron chi connectivity index (χ4n) is 1.09. The van der Waals surface area contributed by atoms with Crippen LogP contribution in [0.2, 0.25) is 0 Å². The van der Waals surface area contributed by atoms with Gasteiger partial charge in [0, 0.05) is 40.0 Å². The number of nitrogens with one attached hydrogen (secondary N) is 2. The van der Waals surface area contributed by atoms with Gasteiger partial charge < -0.3 is 20.8 Å². The van der Waals surface area contributed by atoms with Crippen LogP contribution in [0.25, 0.3) is 0 Å². The standard InChI is InChI=1S/C10H18N2O4.CH4O/c1-8(13)11-6-7-12-9(14)4-2-3-5-10(15)16;1-2/h2-7H2,1H3,(H,11,13)(H,12,14)(H,15,16);2H,1H3. The molecule has 0 aliphatic heterocycles. The van der Waals surface area contributed by atoms with Crippen molar-refractivity contribution in [1.29, 1.82) is 0 Å². The molecule has 0 aromatic carbocycles. The highest BCUT2D eigenvalue weighted by molar-refractivity contribution is 5.76. The molecule has 0 aliphatic carbocycles. The van der Waals surface area contributed by atoms with Crippen LogP contribution in [0.15, 0.2) is 0 Å². The van der Waals surface area contributed by atoms with Gasteiger partial charge in [0.25, 0.3) is 0 Å². The third kappa shape index (κ3) is 16.8. The number of carbonyl (C=O) groups is 3. The molecular weight excluding hydrogens is 240 g/mol. The molecule has 0 bridgehead atoms. The summed E-state index contributed by atoms with van der Waals surface area (Å²) in [6, 6.07) is 0. The van der Waals surface area contributed by atoms with Crippen molar-refractivity contribution in [3.05, 3.63) is 0 Å². The average molecular weight is 262 g/mol. The summed E-state index contributed by atoms with van der Waals surface area (Å²) < 4.78 is 0. The van der Waals surface area contributed by atoms with Crippen molar-refractivity contribution in [3.63, 3.8) is 0 Å². The van der Waals surface area contributed by atoms with E-state index in [1.54, 1.807) is 0 Å². The van der Waals surface area contributed by atoms with Gasteiger partial charge in [-0.1, -0.05) is 0 Å². The number of hydrogen-bond acceptors (Lipinski definition) is 4. The number of carboxylic acids is 1. The minimum absolute atomic E-state index is 0.0964. The third-order valence-electron chi connectivity index (χ3n) is 1.87. The first-order valence-corrected chi connectivity index (χ1v) is 5.70. The molecule has 0 radical (unpaired) electrons. The fraction of sp³-hybridized carbons (Fsp3) is 0.727. The van der Waals surface area contributed by atoms with E-state index in [1.165, 1.54) is 6.92 Å². The zero-order valence-corrected chi connectivity index (χ0v) is 10.9. The van der Waals surface area contributed by atoms with Crippen LogP contribution in [-0.2, 0) is 14.4 Å². The Morgan fingerprint density at radius 1 is 0.944 bits per heavy atom. The quantitative estimate of drug-likeness (QED) is 0.440. The lowest BCUT2D eigenvalue weighted by Gasteiger charge is -2.05. The Balaban J connectivity index is 0. The lowest BCUT2D eigenvalue weighted by Crippen LogP contribution is -2.33. The van der Waals surface area contributed by atoms with Gasteiger partial charge in [0.1, 0.15) is 0 Å². The number of aliphatic hydroxyl groups excluding tert-OH is 1. The fourth-order valence-corrected chi connectivity index (χ4v) is 1.09. The van der Waals surface area contributed by atoms with Crippen molar-refractivity contribution < 1.29 is 24.6 Å². The number of unbranched alkanes of at least 4 members (excludes halogenated alkanes) is 1. The summed E-state index contributed by atoms with van der Waals surface area (Å²) in [5.74, 6) is -1.09. The molecule has 0 aliphatic rings. The summed E-state index contributed by atoms with van der Waals surface area (Å²) in [6.45, 7) is 2.22. The number of aliphatic hydroxyl groups is 1. The Morgan fingerprint density at radius 2 is 1.44 bits per heavy atom. The molecule has 0 fully saturated rings. The van der Waals surface area contributed by atoms with Crippen LogP contribution in [0.1, 0.15) is 32.6 Å². The first-order chi connectivity index (χ1) is 8.52. The molecule has 4 N–H and O–H groups in total. The van der Waals surface area contributed by atoms with E-state index >= 15 is 0 Å². The van der Waals surface area contributed by atoms with Crippen LogP contribution < -0.4 is 10.6 Å². The second kappa shape index (κ2) is 13.4. The molecule has 0 rings (SSSR count). The summed E-state index contributed by atoms with van der Waals surface area (Å²) in [5, 5.41) is 20.5. The topological polar surface area (TPSA) is 116 Å². The maximum absolute atomic E-state index is 11.2. The molecule has 0 spiro atoms. The molecule has 2 amide bonds. The maximum Gasteiger partial charge on any atom is 0.303 e. The molecule has 0 atom stereocenters. The van der Waals surface area contributed by atoms with Gasteiger partial charge in [0.05, 0.1) is 0 Å². The highest BCUT2D eigenvalue weighted by Gasteiger charge is 2.02. The van der Waals surface area contributed by atoms with Gasteiger partial charge in [-0.3, -0.25) is 14.4 Å². The van der Waals surface area contributed by atoms with Gasteiger partial charge in [0.2, 0.25) is 11.8 Å². The lowest BCUT2D eigenvalue weighted by molar-refractivity contribution is -0.137. The highest BCUT2D eigenvalue weighted by Crippen LogP contribution is 1.99. The zero-order valence-electron chi connectivity index (χ0n) is 10.9. The monoisotopic (exact) mass is 262 g/mol. The lowest BCUT2D eigenvalue weighted by atomic mass is 10.2. The predicted molar refractivity (Wildman–Crippen MR) is 65.9 cm³/mol. The van der Waals surface area contributed by atoms with E-state index in [0.29, 0.717) is 32.4 Å². The number of aliphatic carboxylic acids is 1. The average Bonchev–Trinajstić information content (AvgIpc) is 2.32. The number of hydrogen-bond donors (Lipinski definition) is 4. The van der Waals surface area contributed by atoms with Crippen molar-refractivity contribution in [2.75, 3.05) is 20.2 Å². The number of rotatable bonds is 8. The minimum atomic E-state index is -0.842. The normalized spacial score (nSPS) is 8.83. The molecule has 0 saturated heterocycles. The van der Waals surface area contributed by atoms with E-state index in [1.807, 2.05) is 0 Å². The molecule has 0 saturated carbocycles. The summed E-state index contributed by atoms with van der Waals surface area (Å²) >= 11 is 0. The van der Waals surface area contributed by atoms with Crippen LogP contribution in [-0.4, -0.2) is 48.2 Å². The first-order valence-electron chi connectivity index (χ1n) is 5.70. The van der Waals surface area contributed by atoms with Crippen molar-refractivity contribution >= 4 is 17.8 Å². The van der Waals surface area contributed by atoms with Crippen LogP contribution in [0.3, 0.4) is 0 Å². The Hall–Kier alpha value is -1.63. The first kappa shape index (κ1) is 18.7. The summed E-state index contributed by atoms with van der Waals surface area (Å²) in [6.07, 6.45) is 1.50. The molecule has 0 unspecified atom stereocenters. The predicted octanol–water partition coefficient (Wildman–Crippen LogP) is -0.508. The van der Waals surface area contributed by atoms with E-state index in [0.717, 1.165) is 7.11 Å². The molecule has 0 aromatic heterocycles. The number of carboxylic acid groups (broad SMARTS) is 1. The van der Waals surface area contributed by atoms with Crippen molar-refractivity contribution in [2.45, 2.75) is 32.6 Å². The molecular formula is C11H22N2O5. The van der Waals surface area contributed by atoms with Gasteiger partial charge in [-0.15, -0.1) is 0 Å². The van der Waals surface area contributed by atoms with Crippen LogP contribution in [0.5, 0.6) is 0 Å². The summed E-state index contributed by atoms with van der Waals surface area (Å²) in [7, 11) is 1.00. The Bertz CT molecular complexity index is 232. The second-order valence-corrected chi connectivity index (χ2v) is 3.43. The van der Waals surface area contributed by atoms with E-state index in [9.17, 15) is 14.4 Å². The number of carbonyl (C=O) groups excluding carboxylic acids is 2. The molecule has 7 nitrogen and oxygen atoms in total. The maximum atomic E-state index is 11.2. The van der Waals surface area contributed by atoms with Crippen LogP contribution in [0, 0.1) is 0 Å². The van der Waals surface area contributed by atoms with Crippen molar-refractivity contribution in [1.82, 2.24) is 10.6 Å². The number of amides is 2. The Labute approximate surface area is 107 Å². The van der Waals surface area contributed by atoms with Crippen molar-refractivity contribution in [3.8, 4) is 0 Å². The Kier molecular flexibility index (Phi) is 14.0. The van der Waals surface area contributed by atoms with Gasteiger partial charge in [-0.25, -0.2) is 0 Å². The molecule has 0 heterocycles. The Morgan fingerprint density at radius 3 is 1.94 bits per heavy atom. The van der Waals surface area contributed by atoms with Gasteiger partial charge >= 0.3 is 5.97 Å². The summed E-state index contributed by atoms with van der Waals surface area (Å²) in [4.78, 5) is 31.8. The van der Waals surface area contributed by atoms with E-state index < -0.39 is 5.97 Å². The van der Waals surface area contributed by atoms with E-state index in [2.05, 4.69) is 10.6 Å². The molecule has 0 aromatic rings. The van der Waals surface area contributed by atoms with Gasteiger partial charge in [-0.2, -0.15) is 0 Å². The third-order valence-corrected chi connectivity index (χ3v) is 1.87. The zero-order chi connectivity index (χ0) is 14.4. The van der Waals surface area contributed by atoms with Crippen molar-refractivity contribution in [2.24, 2.45) is 0 Å². The van der Waals surface area contributed by atoms with E-state index in [4.69, 9.17) is 10.2 Å². The second-order valence-electron chi connectivity index (χ2n) is 3.43. The van der Waals surface area contributed by atoms with Gasteiger partial charge in [0.15, 0.2) is 0 Å². The largest absolute Gasteiger partial charge is 0.481 e. The van der Waals surface area contributed by atoms with Crippen LogP contribution >= 0.6 is 0 Å². The SMILES string of the molecule is CC(=O)NCCNC(=O)CCCCC(=O)O.CO. The molecule has 106 valence electrons. The molecule has 7 heteroatoms. The smallest absolute Gasteiger partial charge is 0.303 e. The van der Waals surface area contributed by atoms with Gasteiger partial charge in [-0.05, 0) is 12.8 Å². The van der Waals surface area contributed by atoms with Crippen LogP contribution in [0.4, 0.5) is 0 Å². The molecule has 18 heavy (non-hydrogen) atoms. The minimum Gasteiger partial charge on any atom is -0.481 e. The summed E-state index contributed by atoms with van der Waals surface area (Å²) in [5.41, 5.74) is 0. The highest BCUT2D eigenvalue weighted by atomic mass is 16.4. The van der Waals surface area contributed by atoms with E-state index in [-0.39, 0.29) is 18.2 Å².